The van der Waals surface area contributed by atoms with Crippen LogP contribution in [0.15, 0.2) is 18.3 Å². The van der Waals surface area contributed by atoms with Gasteiger partial charge in [0.25, 0.3) is 0 Å². The van der Waals surface area contributed by atoms with E-state index in [4.69, 9.17) is 9.47 Å². The van der Waals surface area contributed by atoms with Gasteiger partial charge in [0.1, 0.15) is 5.75 Å². The third kappa shape index (κ3) is 2.93. The van der Waals surface area contributed by atoms with Crippen molar-refractivity contribution in [3.63, 3.8) is 0 Å². The molecule has 0 saturated carbocycles. The Bertz CT molecular complexity index is 296. The first-order valence-electron chi connectivity index (χ1n) is 3.96. The summed E-state index contributed by atoms with van der Waals surface area (Å²) in [7, 11) is 2.83. The molecule has 0 aliphatic carbocycles. The Morgan fingerprint density at radius 2 is 2.21 bits per heavy atom. The molecule has 76 valence electrons. The number of methoxy groups -OCH3 is 2. The Morgan fingerprint density at radius 3 is 2.71 bits per heavy atom. The Labute approximate surface area is 81.6 Å². The van der Waals surface area contributed by atoms with E-state index in [1.807, 2.05) is 0 Å². The number of rotatable bonds is 4. The molecule has 0 bridgehead atoms. The molecule has 1 aromatic heterocycles. The van der Waals surface area contributed by atoms with Crippen LogP contribution < -0.4 is 9.47 Å². The summed E-state index contributed by atoms with van der Waals surface area (Å²) in [4.78, 5) is 14.6. The fraction of sp³-hybridized carbons (Fsp3) is 0.333. The summed E-state index contributed by atoms with van der Waals surface area (Å²) in [5.74, 6) is 0.562. The maximum atomic E-state index is 10.7. The van der Waals surface area contributed by atoms with Crippen LogP contribution in [0.3, 0.4) is 0 Å². The lowest BCUT2D eigenvalue weighted by Crippen LogP contribution is -2.12. The highest BCUT2D eigenvalue weighted by Gasteiger charge is 2.01. The zero-order valence-corrected chi connectivity index (χ0v) is 8.02. The lowest BCUT2D eigenvalue weighted by atomic mass is 10.4. The fourth-order valence-corrected chi connectivity index (χ4v) is 0.774. The van der Waals surface area contributed by atoms with E-state index in [1.165, 1.54) is 20.4 Å². The largest absolute Gasteiger partial charge is 0.481 e. The molecule has 0 aromatic carbocycles. The summed E-state index contributed by atoms with van der Waals surface area (Å²) in [5, 5.41) is 0. The molecule has 0 aliphatic rings. The Kier molecular flexibility index (Phi) is 3.72. The molecular formula is C9H11NO4. The quantitative estimate of drug-likeness (QED) is 0.663. The first kappa shape index (κ1) is 10.3. The third-order valence-corrected chi connectivity index (χ3v) is 1.50. The van der Waals surface area contributed by atoms with E-state index < -0.39 is 5.97 Å². The van der Waals surface area contributed by atoms with E-state index in [0.29, 0.717) is 11.6 Å². The van der Waals surface area contributed by atoms with E-state index in [2.05, 4.69) is 9.72 Å². The van der Waals surface area contributed by atoms with Crippen LogP contribution in [0.2, 0.25) is 0 Å². The highest BCUT2D eigenvalue weighted by atomic mass is 16.6. The van der Waals surface area contributed by atoms with Gasteiger partial charge < -0.3 is 14.2 Å². The van der Waals surface area contributed by atoms with E-state index in [-0.39, 0.29) is 6.61 Å². The fourth-order valence-electron chi connectivity index (χ4n) is 0.774. The van der Waals surface area contributed by atoms with Crippen LogP contribution in [0.1, 0.15) is 0 Å². The van der Waals surface area contributed by atoms with Crippen molar-refractivity contribution in [1.29, 1.82) is 0 Å². The number of aromatic nitrogens is 1. The van der Waals surface area contributed by atoms with E-state index in [9.17, 15) is 4.79 Å². The first-order chi connectivity index (χ1) is 6.76. The van der Waals surface area contributed by atoms with Crippen molar-refractivity contribution in [2.75, 3.05) is 20.8 Å². The predicted octanol–water partition coefficient (Wildman–Crippen LogP) is 0.642. The highest BCUT2D eigenvalue weighted by Crippen LogP contribution is 2.12. The highest BCUT2D eigenvalue weighted by molar-refractivity contribution is 5.70. The van der Waals surface area contributed by atoms with Crippen LogP contribution in [0.4, 0.5) is 0 Å². The minimum Gasteiger partial charge on any atom is -0.481 e. The van der Waals surface area contributed by atoms with Gasteiger partial charge in [0, 0.05) is 6.07 Å². The number of carbonyl (C=O) groups is 1. The molecule has 0 amide bonds. The molecule has 14 heavy (non-hydrogen) atoms. The van der Waals surface area contributed by atoms with E-state index >= 15 is 0 Å². The standard InChI is InChI=1S/C9H11NO4/c1-12-8-4-3-7(5-10-8)14-6-9(11)13-2/h3-5H,6H2,1-2H3. The normalized spacial score (nSPS) is 9.29. The predicted molar refractivity (Wildman–Crippen MR) is 48.3 cm³/mol. The van der Waals surface area contributed by atoms with Crippen molar-refractivity contribution in [3.8, 4) is 11.6 Å². The van der Waals surface area contributed by atoms with Gasteiger partial charge in [-0.15, -0.1) is 0 Å². The van der Waals surface area contributed by atoms with Gasteiger partial charge in [-0.25, -0.2) is 9.78 Å². The average Bonchev–Trinajstić information content (AvgIpc) is 2.26. The summed E-state index contributed by atoms with van der Waals surface area (Å²) in [6.07, 6.45) is 1.47. The number of pyridine rings is 1. The van der Waals surface area contributed by atoms with Crippen LogP contribution >= 0.6 is 0 Å². The van der Waals surface area contributed by atoms with Crippen molar-refractivity contribution < 1.29 is 19.0 Å². The summed E-state index contributed by atoms with van der Waals surface area (Å²) in [6, 6.07) is 3.31. The molecule has 1 rings (SSSR count). The lowest BCUT2D eigenvalue weighted by Gasteiger charge is -2.04. The van der Waals surface area contributed by atoms with Crippen molar-refractivity contribution in [3.05, 3.63) is 18.3 Å². The number of hydrogen-bond acceptors (Lipinski definition) is 5. The molecule has 0 aliphatic heterocycles. The van der Waals surface area contributed by atoms with Crippen molar-refractivity contribution in [2.24, 2.45) is 0 Å². The number of hydrogen-bond donors (Lipinski definition) is 0. The molecule has 0 fully saturated rings. The van der Waals surface area contributed by atoms with Gasteiger partial charge in [-0.2, -0.15) is 0 Å². The summed E-state index contributed by atoms with van der Waals surface area (Å²) < 4.78 is 14.3. The van der Waals surface area contributed by atoms with Gasteiger partial charge in [0.15, 0.2) is 6.61 Å². The molecule has 0 saturated heterocycles. The molecule has 0 spiro atoms. The summed E-state index contributed by atoms with van der Waals surface area (Å²) in [5.41, 5.74) is 0. The van der Waals surface area contributed by atoms with Gasteiger partial charge >= 0.3 is 5.97 Å². The smallest absolute Gasteiger partial charge is 0.343 e. The molecule has 5 nitrogen and oxygen atoms in total. The molecule has 0 radical (unpaired) electrons. The van der Waals surface area contributed by atoms with Crippen LogP contribution in [0.5, 0.6) is 11.6 Å². The van der Waals surface area contributed by atoms with Gasteiger partial charge in [-0.1, -0.05) is 0 Å². The topological polar surface area (TPSA) is 57.7 Å². The monoisotopic (exact) mass is 197 g/mol. The second-order valence-electron chi connectivity index (χ2n) is 2.40. The van der Waals surface area contributed by atoms with Crippen molar-refractivity contribution >= 4 is 5.97 Å². The van der Waals surface area contributed by atoms with Gasteiger partial charge in [0.05, 0.1) is 20.4 Å². The van der Waals surface area contributed by atoms with Crippen LogP contribution in [0.25, 0.3) is 0 Å². The van der Waals surface area contributed by atoms with E-state index in [0.717, 1.165) is 0 Å². The van der Waals surface area contributed by atoms with Crippen molar-refractivity contribution in [1.82, 2.24) is 4.98 Å². The molecule has 0 atom stereocenters. The summed E-state index contributed by atoms with van der Waals surface area (Å²) in [6.45, 7) is -0.121. The number of esters is 1. The third-order valence-electron chi connectivity index (χ3n) is 1.50. The molecular weight excluding hydrogens is 186 g/mol. The number of nitrogens with zero attached hydrogens (tertiary/aromatic N) is 1. The molecule has 0 unspecified atom stereocenters. The molecule has 1 aromatic rings. The Morgan fingerprint density at radius 1 is 1.43 bits per heavy atom. The Hall–Kier alpha value is -1.78. The first-order valence-corrected chi connectivity index (χ1v) is 3.96. The molecule has 0 N–H and O–H groups in total. The van der Waals surface area contributed by atoms with E-state index in [1.54, 1.807) is 12.1 Å². The maximum Gasteiger partial charge on any atom is 0.343 e. The van der Waals surface area contributed by atoms with Gasteiger partial charge in [-0.3, -0.25) is 0 Å². The van der Waals surface area contributed by atoms with Gasteiger partial charge in [-0.05, 0) is 6.07 Å². The SMILES string of the molecule is COC(=O)COc1ccc(OC)nc1. The number of carbonyl (C=O) groups excluding carboxylic acids is 1. The maximum absolute atomic E-state index is 10.7. The molecule has 1 heterocycles. The second-order valence-corrected chi connectivity index (χ2v) is 2.40. The lowest BCUT2D eigenvalue weighted by molar-refractivity contribution is -0.142. The van der Waals surface area contributed by atoms with Crippen LogP contribution in [0, 0.1) is 0 Å². The van der Waals surface area contributed by atoms with Crippen LogP contribution in [-0.4, -0.2) is 31.8 Å². The zero-order chi connectivity index (χ0) is 10.4. The summed E-state index contributed by atoms with van der Waals surface area (Å²) >= 11 is 0. The minimum atomic E-state index is -0.430. The number of ether oxygens (including phenoxy) is 3. The van der Waals surface area contributed by atoms with Gasteiger partial charge in [0.2, 0.25) is 5.88 Å². The molecule has 5 heteroatoms. The van der Waals surface area contributed by atoms with Crippen molar-refractivity contribution in [2.45, 2.75) is 0 Å². The average molecular weight is 197 g/mol. The zero-order valence-electron chi connectivity index (χ0n) is 8.02. The minimum absolute atomic E-state index is 0.121. The second kappa shape index (κ2) is 5.06. The van der Waals surface area contributed by atoms with Crippen LogP contribution in [-0.2, 0) is 9.53 Å². The Balaban J connectivity index is 2.47.